The predicted octanol–water partition coefficient (Wildman–Crippen LogP) is 4.46. The van der Waals surface area contributed by atoms with Gasteiger partial charge in [-0.25, -0.2) is 9.37 Å². The van der Waals surface area contributed by atoms with Crippen LogP contribution in [0.15, 0.2) is 56.9 Å². The minimum atomic E-state index is -0.334. The molecule has 5 nitrogen and oxygen atoms in total. The van der Waals surface area contributed by atoms with E-state index < -0.39 is 0 Å². The Bertz CT molecular complexity index is 1100. The SMILES string of the molecule is CCCn1c(SCC(=O)N(C)Cc2ccccc2F)nc2ccc(Br)cc2c1=O. The number of halogens is 2. The van der Waals surface area contributed by atoms with E-state index >= 15 is 0 Å². The van der Waals surface area contributed by atoms with Gasteiger partial charge in [-0.15, -0.1) is 0 Å². The van der Waals surface area contributed by atoms with Crippen molar-refractivity contribution in [3.8, 4) is 0 Å². The Labute approximate surface area is 181 Å². The first-order chi connectivity index (χ1) is 13.9. The van der Waals surface area contributed by atoms with Gasteiger partial charge in [0.05, 0.1) is 16.7 Å². The number of thioether (sulfide) groups is 1. The van der Waals surface area contributed by atoms with E-state index in [1.807, 2.05) is 13.0 Å². The van der Waals surface area contributed by atoms with E-state index in [0.717, 1.165) is 10.9 Å². The molecule has 1 aromatic heterocycles. The second-order valence-corrected chi connectivity index (χ2v) is 8.50. The summed E-state index contributed by atoms with van der Waals surface area (Å²) in [5.41, 5.74) is 0.943. The number of fused-ring (bicyclic) bond motifs is 1. The van der Waals surface area contributed by atoms with E-state index in [-0.39, 0.29) is 29.6 Å². The van der Waals surface area contributed by atoms with Gasteiger partial charge >= 0.3 is 0 Å². The number of benzene rings is 2. The van der Waals surface area contributed by atoms with Gasteiger partial charge in [0.2, 0.25) is 5.91 Å². The minimum absolute atomic E-state index is 0.114. The molecule has 0 aliphatic carbocycles. The summed E-state index contributed by atoms with van der Waals surface area (Å²) >= 11 is 4.62. The van der Waals surface area contributed by atoms with E-state index in [9.17, 15) is 14.0 Å². The van der Waals surface area contributed by atoms with Crippen molar-refractivity contribution < 1.29 is 9.18 Å². The van der Waals surface area contributed by atoms with Gasteiger partial charge in [-0.3, -0.25) is 14.2 Å². The summed E-state index contributed by atoms with van der Waals surface area (Å²) < 4.78 is 16.3. The van der Waals surface area contributed by atoms with Gasteiger partial charge in [-0.1, -0.05) is 52.8 Å². The molecule has 152 valence electrons. The van der Waals surface area contributed by atoms with Crippen molar-refractivity contribution in [1.82, 2.24) is 14.5 Å². The second-order valence-electron chi connectivity index (χ2n) is 6.64. The molecule has 0 atom stereocenters. The van der Waals surface area contributed by atoms with Crippen LogP contribution in [0.25, 0.3) is 10.9 Å². The molecule has 29 heavy (non-hydrogen) atoms. The molecule has 3 aromatic rings. The number of hydrogen-bond acceptors (Lipinski definition) is 4. The zero-order valence-electron chi connectivity index (χ0n) is 16.2. The summed E-state index contributed by atoms with van der Waals surface area (Å²) in [5, 5.41) is 1.06. The van der Waals surface area contributed by atoms with Crippen LogP contribution < -0.4 is 5.56 Å². The molecule has 0 N–H and O–H groups in total. The fourth-order valence-electron chi connectivity index (χ4n) is 2.91. The lowest BCUT2D eigenvalue weighted by atomic mass is 10.2. The topological polar surface area (TPSA) is 55.2 Å². The molecule has 3 rings (SSSR count). The maximum absolute atomic E-state index is 13.8. The van der Waals surface area contributed by atoms with E-state index in [0.29, 0.717) is 28.2 Å². The van der Waals surface area contributed by atoms with Gasteiger partial charge in [-0.05, 0) is 30.7 Å². The number of rotatable bonds is 7. The molecule has 2 aromatic carbocycles. The van der Waals surface area contributed by atoms with Crippen molar-refractivity contribution in [2.75, 3.05) is 12.8 Å². The van der Waals surface area contributed by atoms with Crippen LogP contribution in [0.2, 0.25) is 0 Å². The Morgan fingerprint density at radius 2 is 2.03 bits per heavy atom. The van der Waals surface area contributed by atoms with Crippen LogP contribution in [-0.4, -0.2) is 33.2 Å². The molecule has 0 spiro atoms. The fraction of sp³-hybridized carbons (Fsp3) is 0.286. The highest BCUT2D eigenvalue weighted by atomic mass is 79.9. The smallest absolute Gasteiger partial charge is 0.262 e. The third-order valence-electron chi connectivity index (χ3n) is 4.44. The molecule has 0 bridgehead atoms. The lowest BCUT2D eigenvalue weighted by Crippen LogP contribution is -2.29. The lowest BCUT2D eigenvalue weighted by Gasteiger charge is -2.18. The second kappa shape index (κ2) is 9.54. The zero-order chi connectivity index (χ0) is 21.0. The molecule has 0 radical (unpaired) electrons. The Morgan fingerprint density at radius 1 is 1.28 bits per heavy atom. The van der Waals surface area contributed by atoms with Crippen molar-refractivity contribution in [2.45, 2.75) is 31.6 Å². The summed E-state index contributed by atoms with van der Waals surface area (Å²) in [6.45, 7) is 2.70. The normalized spacial score (nSPS) is 11.0. The lowest BCUT2D eigenvalue weighted by molar-refractivity contribution is -0.127. The highest BCUT2D eigenvalue weighted by Gasteiger charge is 2.16. The summed E-state index contributed by atoms with van der Waals surface area (Å²) in [7, 11) is 1.64. The average molecular weight is 478 g/mol. The van der Waals surface area contributed by atoms with Crippen LogP contribution in [-0.2, 0) is 17.9 Å². The first kappa shape index (κ1) is 21.5. The Hall–Kier alpha value is -2.19. The van der Waals surface area contributed by atoms with E-state index in [1.165, 1.54) is 22.7 Å². The number of aromatic nitrogens is 2. The molecule has 0 unspecified atom stereocenters. The van der Waals surface area contributed by atoms with Crippen molar-refractivity contribution in [2.24, 2.45) is 0 Å². The third kappa shape index (κ3) is 5.05. The predicted molar refractivity (Wildman–Crippen MR) is 118 cm³/mol. The van der Waals surface area contributed by atoms with Crippen molar-refractivity contribution in [3.05, 3.63) is 68.7 Å². The third-order valence-corrected chi connectivity index (χ3v) is 5.90. The molecular weight excluding hydrogens is 457 g/mol. The van der Waals surface area contributed by atoms with Crippen LogP contribution >= 0.6 is 27.7 Å². The number of carbonyl (C=O) groups excluding carboxylic acids is 1. The Morgan fingerprint density at radius 3 is 2.76 bits per heavy atom. The first-order valence-corrected chi connectivity index (χ1v) is 11.0. The number of carbonyl (C=O) groups is 1. The molecule has 0 aliphatic heterocycles. The van der Waals surface area contributed by atoms with Crippen LogP contribution in [0.3, 0.4) is 0 Å². The number of hydrogen-bond donors (Lipinski definition) is 0. The molecule has 1 heterocycles. The van der Waals surface area contributed by atoms with Gasteiger partial charge in [0.25, 0.3) is 5.56 Å². The summed E-state index contributed by atoms with van der Waals surface area (Å²) in [4.78, 5) is 31.5. The van der Waals surface area contributed by atoms with Crippen molar-refractivity contribution in [1.29, 1.82) is 0 Å². The molecule has 1 amide bonds. The van der Waals surface area contributed by atoms with Crippen molar-refractivity contribution >= 4 is 44.5 Å². The highest BCUT2D eigenvalue weighted by Crippen LogP contribution is 2.21. The molecule has 0 aliphatic rings. The summed E-state index contributed by atoms with van der Waals surface area (Å²) in [6, 6.07) is 11.8. The molecule has 0 fully saturated rings. The zero-order valence-corrected chi connectivity index (χ0v) is 18.6. The maximum atomic E-state index is 13.8. The van der Waals surface area contributed by atoms with Crippen LogP contribution in [0, 0.1) is 5.82 Å². The monoisotopic (exact) mass is 477 g/mol. The molecule has 0 saturated heterocycles. The maximum Gasteiger partial charge on any atom is 0.262 e. The van der Waals surface area contributed by atoms with E-state index in [4.69, 9.17) is 0 Å². The quantitative estimate of drug-likeness (QED) is 0.372. The van der Waals surface area contributed by atoms with Crippen LogP contribution in [0.1, 0.15) is 18.9 Å². The molecule has 8 heteroatoms. The molecule has 0 saturated carbocycles. The van der Waals surface area contributed by atoms with E-state index in [2.05, 4.69) is 20.9 Å². The largest absolute Gasteiger partial charge is 0.341 e. The highest BCUT2D eigenvalue weighted by molar-refractivity contribution is 9.10. The van der Waals surface area contributed by atoms with Crippen molar-refractivity contribution in [3.63, 3.8) is 0 Å². The summed E-state index contributed by atoms with van der Waals surface area (Å²) in [6.07, 6.45) is 0.774. The Kier molecular flexibility index (Phi) is 7.08. The van der Waals surface area contributed by atoms with Crippen LogP contribution in [0.4, 0.5) is 4.39 Å². The standard InChI is InChI=1S/C21H21BrFN3O2S/c1-3-10-26-20(28)16-11-15(22)8-9-18(16)24-21(26)29-13-19(27)25(2)12-14-6-4-5-7-17(14)23/h4-9,11H,3,10,12-13H2,1-2H3. The summed E-state index contributed by atoms with van der Waals surface area (Å²) in [5.74, 6) is -0.381. The minimum Gasteiger partial charge on any atom is -0.341 e. The van der Waals surface area contributed by atoms with Gasteiger partial charge < -0.3 is 4.90 Å². The number of nitrogens with zero attached hydrogens (tertiary/aromatic N) is 3. The van der Waals surface area contributed by atoms with Gasteiger partial charge in [0.1, 0.15) is 5.82 Å². The fourth-order valence-corrected chi connectivity index (χ4v) is 4.24. The van der Waals surface area contributed by atoms with Crippen LogP contribution in [0.5, 0.6) is 0 Å². The van der Waals surface area contributed by atoms with Gasteiger partial charge in [0, 0.05) is 30.2 Å². The first-order valence-electron chi connectivity index (χ1n) is 9.21. The van der Waals surface area contributed by atoms with E-state index in [1.54, 1.807) is 41.9 Å². The Balaban J connectivity index is 1.79. The van der Waals surface area contributed by atoms with Gasteiger partial charge in [0.15, 0.2) is 5.16 Å². The molecular formula is C21H21BrFN3O2S. The van der Waals surface area contributed by atoms with Gasteiger partial charge in [-0.2, -0.15) is 0 Å². The number of amides is 1. The average Bonchev–Trinajstić information content (AvgIpc) is 2.70.